The molecule has 3 aromatic carbocycles. The zero-order chi connectivity index (χ0) is 30.5. The highest BCUT2D eigenvalue weighted by molar-refractivity contribution is 6.07. The number of fused-ring (bicyclic) bond motifs is 1. The van der Waals surface area contributed by atoms with Gasteiger partial charge in [0.25, 0.3) is 5.56 Å². The number of rotatable bonds is 9. The molecule has 0 saturated carbocycles. The first kappa shape index (κ1) is 29.6. The van der Waals surface area contributed by atoms with E-state index in [1.807, 2.05) is 54.6 Å². The second kappa shape index (κ2) is 12.9. The summed E-state index contributed by atoms with van der Waals surface area (Å²) >= 11 is 0. The van der Waals surface area contributed by atoms with Crippen LogP contribution in [0.5, 0.6) is 5.75 Å². The maximum Gasteiger partial charge on any atom is 0.323 e. The molecule has 5 aromatic rings. The van der Waals surface area contributed by atoms with Crippen LogP contribution in [-0.4, -0.2) is 20.7 Å². The van der Waals surface area contributed by atoms with Gasteiger partial charge in [0, 0.05) is 29.4 Å². The molecule has 0 bridgehead atoms. The number of pyridine rings is 2. The third-order valence-corrected chi connectivity index (χ3v) is 7.70. The fourth-order valence-corrected chi connectivity index (χ4v) is 5.60. The first-order valence-electron chi connectivity index (χ1n) is 14.8. The molecule has 5 rings (SSSR count). The van der Waals surface area contributed by atoms with Crippen LogP contribution in [0, 0.1) is 0 Å². The quantitative estimate of drug-likeness (QED) is 0.165. The molecule has 0 unspecified atom stereocenters. The molecule has 7 nitrogen and oxygen atoms in total. The van der Waals surface area contributed by atoms with Gasteiger partial charge >= 0.3 is 6.03 Å². The summed E-state index contributed by atoms with van der Waals surface area (Å²) in [5.74, 6) is 0.431. The number of aryl methyl sites for hydroxylation is 2. The Kier molecular flexibility index (Phi) is 8.90. The summed E-state index contributed by atoms with van der Waals surface area (Å²) in [6.07, 6.45) is 3.17. The van der Waals surface area contributed by atoms with Gasteiger partial charge in [-0.2, -0.15) is 0 Å². The van der Waals surface area contributed by atoms with E-state index < -0.39 is 6.03 Å². The Morgan fingerprint density at radius 2 is 1.51 bits per heavy atom. The largest absolute Gasteiger partial charge is 0.508 e. The van der Waals surface area contributed by atoms with E-state index in [1.165, 1.54) is 5.56 Å². The van der Waals surface area contributed by atoms with Crippen molar-refractivity contribution in [3.05, 3.63) is 118 Å². The van der Waals surface area contributed by atoms with Gasteiger partial charge in [-0.25, -0.2) is 9.78 Å². The van der Waals surface area contributed by atoms with Crippen LogP contribution in [-0.2, 0) is 13.0 Å². The summed E-state index contributed by atoms with van der Waals surface area (Å²) in [6, 6.07) is 26.1. The highest BCUT2D eigenvalue weighted by atomic mass is 16.3. The van der Waals surface area contributed by atoms with Crippen molar-refractivity contribution in [1.29, 1.82) is 0 Å². The van der Waals surface area contributed by atoms with E-state index in [1.54, 1.807) is 29.0 Å². The summed E-state index contributed by atoms with van der Waals surface area (Å²) in [4.78, 5) is 32.6. The second-order valence-corrected chi connectivity index (χ2v) is 11.4. The highest BCUT2D eigenvalue weighted by Crippen LogP contribution is 2.36. The predicted molar refractivity (Wildman–Crippen MR) is 175 cm³/mol. The number of phenols is 1. The van der Waals surface area contributed by atoms with Gasteiger partial charge in [0.15, 0.2) is 0 Å². The molecule has 0 aliphatic carbocycles. The molecule has 7 heteroatoms. The summed E-state index contributed by atoms with van der Waals surface area (Å²) in [5.41, 5.74) is 5.42. The number of nitrogens with zero attached hydrogens (tertiary/aromatic N) is 2. The lowest BCUT2D eigenvalue weighted by atomic mass is 9.93. The van der Waals surface area contributed by atoms with Gasteiger partial charge in [0.2, 0.25) is 0 Å². The summed E-state index contributed by atoms with van der Waals surface area (Å²) in [6.45, 7) is 8.78. The average Bonchev–Trinajstić information content (AvgIpc) is 2.99. The molecule has 0 radical (unpaired) electrons. The minimum atomic E-state index is -0.507. The van der Waals surface area contributed by atoms with E-state index in [2.05, 4.69) is 55.4 Å². The lowest BCUT2D eigenvalue weighted by Crippen LogP contribution is -2.30. The van der Waals surface area contributed by atoms with Crippen molar-refractivity contribution < 1.29 is 9.90 Å². The van der Waals surface area contributed by atoms with Crippen LogP contribution in [0.4, 0.5) is 16.2 Å². The number of benzene rings is 3. The maximum absolute atomic E-state index is 14.3. The number of aromatic hydroxyl groups is 1. The molecular formula is C36H38N4O3. The summed E-state index contributed by atoms with van der Waals surface area (Å²) in [7, 11) is 0. The number of hydrogen-bond acceptors (Lipinski definition) is 4. The molecule has 2 amide bonds. The number of carbonyl (C=O) groups excluding carboxylic acids is 1. The average molecular weight is 575 g/mol. The van der Waals surface area contributed by atoms with Gasteiger partial charge in [-0.1, -0.05) is 88.4 Å². The van der Waals surface area contributed by atoms with Crippen molar-refractivity contribution in [2.24, 2.45) is 0 Å². The third kappa shape index (κ3) is 6.46. The van der Waals surface area contributed by atoms with Crippen molar-refractivity contribution in [3.63, 3.8) is 0 Å². The SMILES string of the molecule is CC(C)c1cccc(C(C)C)c1NC(=O)Nc1c(-c2cccc(O)c2)c2cccnc2n(CCCc2ccccc2)c1=O. The normalized spacial score (nSPS) is 11.3. The molecule has 0 atom stereocenters. The smallest absolute Gasteiger partial charge is 0.323 e. The second-order valence-electron chi connectivity index (χ2n) is 11.4. The summed E-state index contributed by atoms with van der Waals surface area (Å²) in [5, 5.41) is 17.0. The van der Waals surface area contributed by atoms with Gasteiger partial charge in [-0.05, 0) is 71.2 Å². The predicted octanol–water partition coefficient (Wildman–Crippen LogP) is 8.29. The Morgan fingerprint density at radius 3 is 2.19 bits per heavy atom. The molecule has 0 saturated heterocycles. The summed E-state index contributed by atoms with van der Waals surface area (Å²) < 4.78 is 1.64. The fraction of sp³-hybridized carbons (Fsp3) is 0.250. The van der Waals surface area contributed by atoms with Gasteiger partial charge < -0.3 is 15.7 Å². The Labute approximate surface area is 252 Å². The number of phenolic OH excluding ortho intramolecular Hbond substituents is 1. The fourth-order valence-electron chi connectivity index (χ4n) is 5.60. The van der Waals surface area contributed by atoms with E-state index in [9.17, 15) is 14.7 Å². The minimum absolute atomic E-state index is 0.0596. The Hall–Kier alpha value is -4.91. The van der Waals surface area contributed by atoms with Gasteiger partial charge in [-0.3, -0.25) is 9.36 Å². The molecule has 0 spiro atoms. The number of nitrogens with one attached hydrogen (secondary N) is 2. The van der Waals surface area contributed by atoms with E-state index in [0.717, 1.165) is 23.2 Å². The molecule has 0 fully saturated rings. The zero-order valence-corrected chi connectivity index (χ0v) is 25.1. The van der Waals surface area contributed by atoms with Crippen molar-refractivity contribution >= 4 is 28.4 Å². The number of aromatic nitrogens is 2. The molecule has 220 valence electrons. The number of anilines is 2. The number of carbonyl (C=O) groups is 1. The standard InChI is InChI=1S/C36H38N4O3/c1-23(2)28-17-9-18-29(24(3)4)32(28)38-36(43)39-33-31(26-15-8-16-27(41)22-26)30-19-10-20-37-34(30)40(35(33)42)21-11-14-25-12-6-5-7-13-25/h5-10,12-13,15-20,22-24,41H,11,14,21H2,1-4H3,(H2,38,39,43). The number of hydrogen-bond donors (Lipinski definition) is 3. The minimum Gasteiger partial charge on any atom is -0.508 e. The van der Waals surface area contributed by atoms with Gasteiger partial charge in [0.05, 0.1) is 0 Å². The lowest BCUT2D eigenvalue weighted by molar-refractivity contribution is 0.262. The van der Waals surface area contributed by atoms with Crippen LogP contribution in [0.3, 0.4) is 0 Å². The van der Waals surface area contributed by atoms with Crippen LogP contribution in [0.1, 0.15) is 62.6 Å². The monoisotopic (exact) mass is 574 g/mol. The van der Waals surface area contributed by atoms with Crippen LogP contribution in [0.2, 0.25) is 0 Å². The number of amides is 2. The Morgan fingerprint density at radius 1 is 0.837 bits per heavy atom. The van der Waals surface area contributed by atoms with Crippen LogP contribution in [0.15, 0.2) is 95.9 Å². The van der Waals surface area contributed by atoms with E-state index in [4.69, 9.17) is 0 Å². The molecule has 2 heterocycles. The molecular weight excluding hydrogens is 536 g/mol. The van der Waals surface area contributed by atoms with Crippen molar-refractivity contribution in [3.8, 4) is 16.9 Å². The maximum atomic E-state index is 14.3. The highest BCUT2D eigenvalue weighted by Gasteiger charge is 2.22. The van der Waals surface area contributed by atoms with Crippen molar-refractivity contribution in [2.75, 3.05) is 10.6 Å². The van der Waals surface area contributed by atoms with Crippen molar-refractivity contribution in [1.82, 2.24) is 9.55 Å². The number of urea groups is 1. The van der Waals surface area contributed by atoms with Crippen molar-refractivity contribution in [2.45, 2.75) is 58.9 Å². The first-order valence-corrected chi connectivity index (χ1v) is 14.8. The molecule has 0 aliphatic heterocycles. The van der Waals surface area contributed by atoms with Crippen LogP contribution in [0.25, 0.3) is 22.2 Å². The Bertz CT molecular complexity index is 1780. The van der Waals surface area contributed by atoms with E-state index in [0.29, 0.717) is 35.1 Å². The van der Waals surface area contributed by atoms with E-state index >= 15 is 0 Å². The van der Waals surface area contributed by atoms with Gasteiger partial charge in [-0.15, -0.1) is 0 Å². The molecule has 0 aliphatic rings. The molecule has 3 N–H and O–H groups in total. The van der Waals surface area contributed by atoms with Gasteiger partial charge in [0.1, 0.15) is 17.1 Å². The van der Waals surface area contributed by atoms with Crippen LogP contribution < -0.4 is 16.2 Å². The molecule has 43 heavy (non-hydrogen) atoms. The lowest BCUT2D eigenvalue weighted by Gasteiger charge is -2.22. The van der Waals surface area contributed by atoms with Crippen LogP contribution >= 0.6 is 0 Å². The third-order valence-electron chi connectivity index (χ3n) is 7.70. The Balaban J connectivity index is 1.61. The first-order chi connectivity index (χ1) is 20.7. The molecule has 2 aromatic heterocycles. The zero-order valence-electron chi connectivity index (χ0n) is 25.1. The topological polar surface area (TPSA) is 96.2 Å². The van der Waals surface area contributed by atoms with E-state index in [-0.39, 0.29) is 28.8 Å². The number of para-hydroxylation sites is 1.